The predicted octanol–water partition coefficient (Wildman–Crippen LogP) is 3.14. The Bertz CT molecular complexity index is 485. The summed E-state index contributed by atoms with van der Waals surface area (Å²) < 4.78 is 38.5. The Morgan fingerprint density at radius 1 is 1.05 bits per heavy atom. The Morgan fingerprint density at radius 2 is 1.65 bits per heavy atom. The summed E-state index contributed by atoms with van der Waals surface area (Å²) in [5, 5.41) is 0. The smallest absolute Gasteiger partial charge is 0.197 e. The van der Waals surface area contributed by atoms with Gasteiger partial charge in [-0.3, -0.25) is 0 Å². The maximum absolute atomic E-state index is 14.4. The highest BCUT2D eigenvalue weighted by Crippen LogP contribution is 2.47. The summed E-state index contributed by atoms with van der Waals surface area (Å²) in [6, 6.07) is 0.864. The normalized spacial score (nSPS) is 17.9. The summed E-state index contributed by atoms with van der Waals surface area (Å²) in [5.74, 6) is -1.28. The third-order valence-electron chi connectivity index (χ3n) is 4.28. The average Bonchev–Trinajstić information content (AvgIpc) is 2.47. The van der Waals surface area contributed by atoms with Crippen LogP contribution in [0.1, 0.15) is 37.7 Å². The summed E-state index contributed by atoms with van der Waals surface area (Å²) in [6.07, 6.45) is 4.65. The molecule has 2 rings (SSSR count). The van der Waals surface area contributed by atoms with Crippen molar-refractivity contribution in [2.24, 2.45) is 5.73 Å². The fraction of sp³-hybridized carbons (Fsp3) is 0.600. The molecule has 1 aromatic rings. The molecule has 2 N–H and O–H groups in total. The monoisotopic (exact) mass is 285 g/mol. The van der Waals surface area contributed by atoms with Crippen LogP contribution in [0.5, 0.6) is 11.5 Å². The lowest BCUT2D eigenvalue weighted by molar-refractivity contribution is 0.267. The van der Waals surface area contributed by atoms with Crippen molar-refractivity contribution in [2.75, 3.05) is 20.8 Å². The molecule has 5 heteroatoms. The lowest BCUT2D eigenvalue weighted by Gasteiger charge is -2.38. The average molecular weight is 285 g/mol. The van der Waals surface area contributed by atoms with Gasteiger partial charge >= 0.3 is 0 Å². The standard InChI is InChI=1S/C15H21F2NO2/c1-19-13-11(17)8-10(16)12(14(13)20-2)15(9-18)6-4-3-5-7-15/h8H,3-7,9,18H2,1-2H3. The Morgan fingerprint density at radius 3 is 2.15 bits per heavy atom. The molecule has 0 aromatic heterocycles. The molecule has 0 unspecified atom stereocenters. The number of nitrogens with two attached hydrogens (primary N) is 1. The predicted molar refractivity (Wildman–Crippen MR) is 73.3 cm³/mol. The molecule has 0 amide bonds. The van der Waals surface area contributed by atoms with E-state index in [2.05, 4.69) is 0 Å². The van der Waals surface area contributed by atoms with Gasteiger partial charge in [-0.2, -0.15) is 0 Å². The number of hydrogen-bond donors (Lipinski definition) is 1. The fourth-order valence-corrected chi connectivity index (χ4v) is 3.24. The molecule has 0 atom stereocenters. The summed E-state index contributed by atoms with van der Waals surface area (Å²) >= 11 is 0. The van der Waals surface area contributed by atoms with Gasteiger partial charge in [0.1, 0.15) is 5.82 Å². The molecule has 0 spiro atoms. The minimum absolute atomic E-state index is 0.0534. The molecule has 0 radical (unpaired) electrons. The molecule has 1 saturated carbocycles. The van der Waals surface area contributed by atoms with Gasteiger partial charge in [-0.15, -0.1) is 0 Å². The quantitative estimate of drug-likeness (QED) is 0.924. The summed E-state index contributed by atoms with van der Waals surface area (Å²) in [6.45, 7) is 0.315. The Labute approximate surface area is 118 Å². The van der Waals surface area contributed by atoms with Crippen LogP contribution >= 0.6 is 0 Å². The van der Waals surface area contributed by atoms with Crippen molar-refractivity contribution in [3.05, 3.63) is 23.3 Å². The van der Waals surface area contributed by atoms with Crippen LogP contribution in [0.3, 0.4) is 0 Å². The lowest BCUT2D eigenvalue weighted by Crippen LogP contribution is -2.38. The van der Waals surface area contributed by atoms with E-state index in [4.69, 9.17) is 15.2 Å². The van der Waals surface area contributed by atoms with Gasteiger partial charge in [-0.1, -0.05) is 19.3 Å². The van der Waals surface area contributed by atoms with Crippen LogP contribution in [-0.4, -0.2) is 20.8 Å². The molecule has 3 nitrogen and oxygen atoms in total. The van der Waals surface area contributed by atoms with Crippen LogP contribution < -0.4 is 15.2 Å². The molecule has 0 saturated heterocycles. The van der Waals surface area contributed by atoms with Gasteiger partial charge < -0.3 is 15.2 Å². The Balaban J connectivity index is 2.65. The zero-order chi connectivity index (χ0) is 14.8. The topological polar surface area (TPSA) is 44.5 Å². The second-order valence-electron chi connectivity index (χ2n) is 5.33. The number of benzene rings is 1. The highest BCUT2D eigenvalue weighted by molar-refractivity contribution is 5.52. The molecule has 1 fully saturated rings. The second kappa shape index (κ2) is 5.95. The molecular weight excluding hydrogens is 264 g/mol. The third-order valence-corrected chi connectivity index (χ3v) is 4.28. The number of halogens is 2. The minimum atomic E-state index is -0.756. The molecular formula is C15H21F2NO2. The molecule has 112 valence electrons. The van der Waals surface area contributed by atoms with Crippen molar-refractivity contribution in [3.8, 4) is 11.5 Å². The summed E-state index contributed by atoms with van der Waals surface area (Å²) in [7, 11) is 2.74. The Kier molecular flexibility index (Phi) is 4.48. The molecule has 20 heavy (non-hydrogen) atoms. The van der Waals surface area contributed by atoms with E-state index in [0.29, 0.717) is 12.1 Å². The van der Waals surface area contributed by atoms with Crippen LogP contribution in [0.15, 0.2) is 6.07 Å². The summed E-state index contributed by atoms with van der Waals surface area (Å²) in [4.78, 5) is 0. The second-order valence-corrected chi connectivity index (χ2v) is 5.33. The number of ether oxygens (including phenoxy) is 2. The van der Waals surface area contributed by atoms with E-state index in [9.17, 15) is 8.78 Å². The van der Waals surface area contributed by atoms with Crippen molar-refractivity contribution in [3.63, 3.8) is 0 Å². The van der Waals surface area contributed by atoms with Crippen molar-refractivity contribution in [1.82, 2.24) is 0 Å². The highest BCUT2D eigenvalue weighted by atomic mass is 19.1. The fourth-order valence-electron chi connectivity index (χ4n) is 3.24. The van der Waals surface area contributed by atoms with Crippen LogP contribution in [-0.2, 0) is 5.41 Å². The van der Waals surface area contributed by atoms with Crippen LogP contribution in [0.25, 0.3) is 0 Å². The van der Waals surface area contributed by atoms with E-state index >= 15 is 0 Å². The largest absolute Gasteiger partial charge is 0.492 e. The first-order valence-electron chi connectivity index (χ1n) is 6.90. The number of methoxy groups -OCH3 is 2. The Hall–Kier alpha value is -1.36. The van der Waals surface area contributed by atoms with Gasteiger partial charge in [0, 0.05) is 23.6 Å². The third kappa shape index (κ3) is 2.35. The first kappa shape index (κ1) is 15.0. The zero-order valence-corrected chi connectivity index (χ0v) is 12.0. The van der Waals surface area contributed by atoms with Crippen LogP contribution in [0.2, 0.25) is 0 Å². The zero-order valence-electron chi connectivity index (χ0n) is 12.0. The van der Waals surface area contributed by atoms with Gasteiger partial charge in [0.05, 0.1) is 14.2 Å². The summed E-state index contributed by atoms with van der Waals surface area (Å²) in [5.41, 5.74) is 5.81. The van der Waals surface area contributed by atoms with E-state index in [1.807, 2.05) is 0 Å². The van der Waals surface area contributed by atoms with Crippen molar-refractivity contribution >= 4 is 0 Å². The molecule has 0 bridgehead atoms. The molecule has 1 aromatic carbocycles. The maximum atomic E-state index is 14.4. The van der Waals surface area contributed by atoms with Gasteiger partial charge in [0.2, 0.25) is 0 Å². The molecule has 0 heterocycles. The minimum Gasteiger partial charge on any atom is -0.492 e. The van der Waals surface area contributed by atoms with Crippen molar-refractivity contribution < 1.29 is 18.3 Å². The lowest BCUT2D eigenvalue weighted by atomic mass is 9.69. The van der Waals surface area contributed by atoms with Gasteiger partial charge in [-0.25, -0.2) is 8.78 Å². The van der Waals surface area contributed by atoms with Crippen LogP contribution in [0, 0.1) is 11.6 Å². The van der Waals surface area contributed by atoms with Gasteiger partial charge in [0.15, 0.2) is 17.3 Å². The number of rotatable bonds is 4. The molecule has 1 aliphatic rings. The van der Waals surface area contributed by atoms with Crippen molar-refractivity contribution in [2.45, 2.75) is 37.5 Å². The van der Waals surface area contributed by atoms with Crippen LogP contribution in [0.4, 0.5) is 8.78 Å². The van der Waals surface area contributed by atoms with E-state index in [1.54, 1.807) is 0 Å². The van der Waals surface area contributed by atoms with Gasteiger partial charge in [-0.05, 0) is 12.8 Å². The van der Waals surface area contributed by atoms with E-state index in [0.717, 1.165) is 38.2 Å². The van der Waals surface area contributed by atoms with E-state index in [1.165, 1.54) is 14.2 Å². The maximum Gasteiger partial charge on any atom is 0.197 e. The molecule has 0 aliphatic heterocycles. The van der Waals surface area contributed by atoms with Gasteiger partial charge in [0.25, 0.3) is 0 Å². The van der Waals surface area contributed by atoms with Crippen molar-refractivity contribution in [1.29, 1.82) is 0 Å². The first-order chi connectivity index (χ1) is 9.59. The van der Waals surface area contributed by atoms with E-state index < -0.39 is 17.0 Å². The number of hydrogen-bond acceptors (Lipinski definition) is 3. The molecule has 1 aliphatic carbocycles. The SMILES string of the molecule is COc1c(F)cc(F)c(C2(CN)CCCCC2)c1OC. The van der Waals surface area contributed by atoms with E-state index in [-0.39, 0.29) is 11.5 Å². The first-order valence-corrected chi connectivity index (χ1v) is 6.90. The highest BCUT2D eigenvalue weighted by Gasteiger charge is 2.39.